The van der Waals surface area contributed by atoms with Gasteiger partial charge in [0.2, 0.25) is 0 Å². The molecular formula is C28H44O5. The first-order valence-corrected chi connectivity index (χ1v) is 12.6. The Morgan fingerprint density at radius 1 is 1.18 bits per heavy atom. The average molecular weight is 461 g/mol. The van der Waals surface area contributed by atoms with Gasteiger partial charge < -0.3 is 9.84 Å². The molecule has 1 N–H and O–H groups in total. The van der Waals surface area contributed by atoms with Crippen LogP contribution in [0.1, 0.15) is 98.8 Å². The van der Waals surface area contributed by atoms with Gasteiger partial charge >= 0.3 is 5.97 Å². The number of Topliss-reactive ketones (excluding diaryl/α,β-unsaturated/α-hetero) is 2. The predicted molar refractivity (Wildman–Crippen MR) is 131 cm³/mol. The van der Waals surface area contributed by atoms with E-state index >= 15 is 0 Å². The molecule has 186 valence electrons. The number of carbonyl (C=O) groups is 3. The van der Waals surface area contributed by atoms with E-state index in [4.69, 9.17) is 4.74 Å². The summed E-state index contributed by atoms with van der Waals surface area (Å²) in [7, 11) is 0. The molecule has 5 nitrogen and oxygen atoms in total. The summed E-state index contributed by atoms with van der Waals surface area (Å²) in [4.78, 5) is 35.9. The highest BCUT2D eigenvalue weighted by atomic mass is 16.5. The number of ketones is 2. The summed E-state index contributed by atoms with van der Waals surface area (Å²) < 4.78 is 5.07. The van der Waals surface area contributed by atoms with Crippen molar-refractivity contribution in [3.63, 3.8) is 0 Å². The summed E-state index contributed by atoms with van der Waals surface area (Å²) in [5.74, 6) is 6.37. The smallest absolute Gasteiger partial charge is 0.306 e. The zero-order chi connectivity index (χ0) is 24.9. The van der Waals surface area contributed by atoms with Crippen LogP contribution in [0.4, 0.5) is 0 Å². The van der Waals surface area contributed by atoms with Crippen molar-refractivity contribution in [1.29, 1.82) is 0 Å². The molecule has 0 bridgehead atoms. The van der Waals surface area contributed by atoms with Crippen LogP contribution >= 0.6 is 0 Å². The first-order chi connectivity index (χ1) is 15.6. The molecule has 1 aliphatic rings. The van der Waals surface area contributed by atoms with Gasteiger partial charge in [-0.15, -0.1) is 11.8 Å². The second kappa shape index (κ2) is 15.1. The molecule has 0 saturated heterocycles. The van der Waals surface area contributed by atoms with Gasteiger partial charge in [-0.25, -0.2) is 0 Å². The van der Waals surface area contributed by atoms with Gasteiger partial charge in [-0.1, -0.05) is 66.0 Å². The SMILES string of the molecule is CCC#CC[C@H](C)[C@H](O)/C=C/[C@H]1CCC(=O)[C@@H]1CCCCCCC(=O)OCC(=O)C(C)(C)C. The van der Waals surface area contributed by atoms with Crippen molar-refractivity contribution < 1.29 is 24.2 Å². The summed E-state index contributed by atoms with van der Waals surface area (Å²) in [5.41, 5.74) is -0.495. The number of carbonyl (C=O) groups excluding carboxylic acids is 3. The number of hydrogen-bond acceptors (Lipinski definition) is 5. The molecule has 0 heterocycles. The molecule has 0 spiro atoms. The third-order valence-electron chi connectivity index (χ3n) is 6.37. The topological polar surface area (TPSA) is 80.7 Å². The first kappa shape index (κ1) is 29.1. The Balaban J connectivity index is 2.29. The van der Waals surface area contributed by atoms with Crippen molar-refractivity contribution in [2.75, 3.05) is 6.61 Å². The van der Waals surface area contributed by atoms with Crippen molar-refractivity contribution in [3.05, 3.63) is 12.2 Å². The molecule has 0 aromatic carbocycles. The Bertz CT molecular complexity index is 719. The van der Waals surface area contributed by atoms with Crippen molar-refractivity contribution in [2.45, 2.75) is 105 Å². The van der Waals surface area contributed by atoms with Crippen molar-refractivity contribution in [3.8, 4) is 11.8 Å². The van der Waals surface area contributed by atoms with E-state index in [1.807, 2.05) is 46.8 Å². The molecule has 0 aromatic heterocycles. The summed E-state index contributed by atoms with van der Waals surface area (Å²) in [6.07, 6.45) is 11.1. The fraction of sp³-hybridized carbons (Fsp3) is 0.750. The molecule has 0 aromatic rings. The Morgan fingerprint density at radius 3 is 2.55 bits per heavy atom. The zero-order valence-electron chi connectivity index (χ0n) is 21.3. The van der Waals surface area contributed by atoms with Gasteiger partial charge in [0.15, 0.2) is 12.4 Å². The lowest BCUT2D eigenvalue weighted by Crippen LogP contribution is -2.26. The molecule has 4 atom stereocenters. The number of unbranched alkanes of at least 4 members (excludes halogenated alkanes) is 3. The molecule has 1 aliphatic carbocycles. The minimum Gasteiger partial charge on any atom is -0.458 e. The Hall–Kier alpha value is -1.93. The van der Waals surface area contributed by atoms with E-state index in [0.717, 1.165) is 44.9 Å². The van der Waals surface area contributed by atoms with E-state index in [0.29, 0.717) is 25.0 Å². The van der Waals surface area contributed by atoms with E-state index in [1.165, 1.54) is 0 Å². The van der Waals surface area contributed by atoms with Crippen LogP contribution in [-0.4, -0.2) is 35.4 Å². The van der Waals surface area contributed by atoms with Crippen LogP contribution in [0.5, 0.6) is 0 Å². The van der Waals surface area contributed by atoms with Gasteiger partial charge in [0.25, 0.3) is 0 Å². The number of aliphatic hydroxyl groups excluding tert-OH is 1. The summed E-state index contributed by atoms with van der Waals surface area (Å²) in [5, 5.41) is 10.4. The second-order valence-corrected chi connectivity index (χ2v) is 10.3. The molecule has 5 heteroatoms. The van der Waals surface area contributed by atoms with Crippen LogP contribution in [0, 0.1) is 35.0 Å². The highest BCUT2D eigenvalue weighted by Gasteiger charge is 2.32. The van der Waals surface area contributed by atoms with Crippen LogP contribution in [0.2, 0.25) is 0 Å². The molecule has 0 amide bonds. The lowest BCUT2D eigenvalue weighted by atomic mass is 9.88. The van der Waals surface area contributed by atoms with Gasteiger partial charge in [-0.2, -0.15) is 0 Å². The maximum Gasteiger partial charge on any atom is 0.306 e. The maximum absolute atomic E-state index is 12.3. The van der Waals surface area contributed by atoms with Crippen LogP contribution in [-0.2, 0) is 19.1 Å². The van der Waals surface area contributed by atoms with Crippen molar-refractivity contribution in [2.24, 2.45) is 23.2 Å². The fourth-order valence-electron chi connectivity index (χ4n) is 3.89. The molecule has 33 heavy (non-hydrogen) atoms. The number of aliphatic hydroxyl groups is 1. The molecule has 1 rings (SSSR count). The molecule has 0 aliphatic heterocycles. The third-order valence-corrected chi connectivity index (χ3v) is 6.37. The number of hydrogen-bond donors (Lipinski definition) is 1. The van der Waals surface area contributed by atoms with Gasteiger partial charge in [-0.3, -0.25) is 14.4 Å². The summed E-state index contributed by atoms with van der Waals surface area (Å²) >= 11 is 0. The van der Waals surface area contributed by atoms with E-state index in [9.17, 15) is 19.5 Å². The van der Waals surface area contributed by atoms with Crippen LogP contribution in [0.15, 0.2) is 12.2 Å². The summed E-state index contributed by atoms with van der Waals surface area (Å²) in [6, 6.07) is 0. The van der Waals surface area contributed by atoms with Gasteiger partial charge in [0, 0.05) is 37.0 Å². The molecular weight excluding hydrogens is 416 g/mol. The van der Waals surface area contributed by atoms with Crippen LogP contribution < -0.4 is 0 Å². The zero-order valence-corrected chi connectivity index (χ0v) is 21.3. The Kier molecular flexibility index (Phi) is 13.3. The van der Waals surface area contributed by atoms with E-state index in [1.54, 1.807) is 0 Å². The molecule has 1 saturated carbocycles. The van der Waals surface area contributed by atoms with Gasteiger partial charge in [0.05, 0.1) is 6.10 Å². The Labute approximate surface area is 200 Å². The first-order valence-electron chi connectivity index (χ1n) is 12.6. The minimum absolute atomic E-state index is 0.0389. The highest BCUT2D eigenvalue weighted by molar-refractivity contribution is 5.86. The van der Waals surface area contributed by atoms with E-state index in [-0.39, 0.29) is 36.1 Å². The maximum atomic E-state index is 12.3. The average Bonchev–Trinajstić information content (AvgIpc) is 3.11. The predicted octanol–water partition coefficient (Wildman–Crippen LogP) is 5.44. The fourth-order valence-corrected chi connectivity index (χ4v) is 3.89. The third kappa shape index (κ3) is 11.7. The lowest BCUT2D eigenvalue weighted by molar-refractivity contribution is -0.150. The number of esters is 1. The summed E-state index contributed by atoms with van der Waals surface area (Å²) in [6.45, 7) is 9.29. The number of allylic oxidation sites excluding steroid dienone is 1. The molecule has 0 radical (unpaired) electrons. The standard InChI is InChI=1S/C28H44O5/c1-6-7-10-13-21(2)24(29)18-16-22-17-19-25(30)23(22)14-11-8-9-12-15-27(32)33-20-26(31)28(3,4)5/h16,18,21-24,29H,6,8-9,11-15,17,19-20H2,1-5H3/b18-16+/t21-,22-,23+,24+/m0/s1. The minimum atomic E-state index is -0.536. The second-order valence-electron chi connectivity index (χ2n) is 10.3. The monoisotopic (exact) mass is 460 g/mol. The normalized spacial score (nSPS) is 20.4. The van der Waals surface area contributed by atoms with E-state index in [2.05, 4.69) is 11.8 Å². The number of rotatable bonds is 13. The van der Waals surface area contributed by atoms with Crippen LogP contribution in [0.25, 0.3) is 0 Å². The highest BCUT2D eigenvalue weighted by Crippen LogP contribution is 2.34. The quantitative estimate of drug-likeness (QED) is 0.171. The van der Waals surface area contributed by atoms with Gasteiger partial charge in [0.1, 0.15) is 5.78 Å². The van der Waals surface area contributed by atoms with E-state index < -0.39 is 11.5 Å². The van der Waals surface area contributed by atoms with Crippen molar-refractivity contribution >= 4 is 17.5 Å². The molecule has 0 unspecified atom stereocenters. The largest absolute Gasteiger partial charge is 0.458 e. The molecule has 1 fully saturated rings. The lowest BCUT2D eigenvalue weighted by Gasteiger charge is -2.17. The number of ether oxygens (including phenoxy) is 1. The Morgan fingerprint density at radius 2 is 1.88 bits per heavy atom. The van der Waals surface area contributed by atoms with Gasteiger partial charge in [-0.05, 0) is 31.1 Å². The van der Waals surface area contributed by atoms with Crippen LogP contribution in [0.3, 0.4) is 0 Å². The van der Waals surface area contributed by atoms with Crippen molar-refractivity contribution in [1.82, 2.24) is 0 Å².